The highest BCUT2D eigenvalue weighted by Crippen LogP contribution is 2.26. The van der Waals surface area contributed by atoms with Crippen LogP contribution in [0.3, 0.4) is 0 Å². The van der Waals surface area contributed by atoms with E-state index >= 15 is 0 Å². The average Bonchev–Trinajstić information content (AvgIpc) is 3.20. The van der Waals surface area contributed by atoms with Crippen molar-refractivity contribution in [3.63, 3.8) is 0 Å². The molecular weight excluding hydrogens is 332 g/mol. The molecule has 0 N–H and O–H groups in total. The first-order valence-electron chi connectivity index (χ1n) is 7.63. The number of rotatable bonds is 5. The summed E-state index contributed by atoms with van der Waals surface area (Å²) < 4.78 is 32.7. The Kier molecular flexibility index (Phi) is 4.70. The predicted molar refractivity (Wildman–Crippen MR) is 90.4 cm³/mol. The molecule has 1 unspecified atom stereocenters. The Labute approximate surface area is 141 Å². The Morgan fingerprint density at radius 1 is 1.30 bits per heavy atom. The molecule has 0 spiro atoms. The zero-order valence-electron chi connectivity index (χ0n) is 13.2. The van der Waals surface area contributed by atoms with Crippen LogP contribution in [0.15, 0.2) is 40.7 Å². The first kappa shape index (κ1) is 16.4. The molecule has 1 fully saturated rings. The van der Waals surface area contributed by atoms with Crippen LogP contribution in [0.25, 0.3) is 0 Å². The van der Waals surface area contributed by atoms with E-state index in [1.54, 1.807) is 18.3 Å². The summed E-state index contributed by atoms with van der Waals surface area (Å²) in [7, 11) is -3.46. The van der Waals surface area contributed by atoms with Crippen molar-refractivity contribution in [1.82, 2.24) is 9.29 Å². The number of hydrogen-bond donors (Lipinski definition) is 0. The molecule has 3 rings (SSSR count). The minimum absolute atomic E-state index is 0.133. The molecule has 0 aliphatic carbocycles. The maximum absolute atomic E-state index is 12.7. The highest BCUT2D eigenvalue weighted by Gasteiger charge is 2.33. The van der Waals surface area contributed by atoms with E-state index in [4.69, 9.17) is 4.74 Å². The van der Waals surface area contributed by atoms with E-state index in [1.165, 1.54) is 15.6 Å². The molecule has 1 aromatic heterocycles. The molecule has 0 amide bonds. The molecule has 1 saturated heterocycles. The van der Waals surface area contributed by atoms with Crippen molar-refractivity contribution in [1.29, 1.82) is 0 Å². The van der Waals surface area contributed by atoms with E-state index in [0.29, 0.717) is 35.5 Å². The molecule has 7 heteroatoms. The second kappa shape index (κ2) is 6.59. The molecule has 5 nitrogen and oxygen atoms in total. The highest BCUT2D eigenvalue weighted by molar-refractivity contribution is 7.89. The predicted octanol–water partition coefficient (Wildman–Crippen LogP) is 3.11. The largest absolute Gasteiger partial charge is 0.465 e. The van der Waals surface area contributed by atoms with Crippen LogP contribution in [0.1, 0.15) is 31.7 Å². The topological polar surface area (TPSA) is 59.5 Å². The van der Waals surface area contributed by atoms with Crippen LogP contribution in [0, 0.1) is 0 Å². The van der Waals surface area contributed by atoms with Crippen molar-refractivity contribution in [2.45, 2.75) is 37.2 Å². The molecule has 0 bridgehead atoms. The van der Waals surface area contributed by atoms with Gasteiger partial charge in [-0.3, -0.25) is 0 Å². The van der Waals surface area contributed by atoms with E-state index in [0.717, 1.165) is 5.56 Å². The van der Waals surface area contributed by atoms with Crippen LogP contribution in [0.4, 0.5) is 0 Å². The van der Waals surface area contributed by atoms with Gasteiger partial charge in [-0.25, -0.2) is 13.4 Å². The zero-order valence-corrected chi connectivity index (χ0v) is 14.8. The summed E-state index contributed by atoms with van der Waals surface area (Å²) in [5.74, 6) is 0.384. The highest BCUT2D eigenvalue weighted by atomic mass is 32.2. The molecule has 2 heterocycles. The summed E-state index contributed by atoms with van der Waals surface area (Å²) in [4.78, 5) is 4.42. The van der Waals surface area contributed by atoms with Crippen LogP contribution in [-0.2, 0) is 10.0 Å². The van der Waals surface area contributed by atoms with Gasteiger partial charge in [-0.15, -0.1) is 0 Å². The summed E-state index contributed by atoms with van der Waals surface area (Å²) >= 11 is 1.42. The number of sulfonamides is 1. The van der Waals surface area contributed by atoms with Gasteiger partial charge in [0.2, 0.25) is 10.0 Å². The minimum Gasteiger partial charge on any atom is -0.465 e. The third-order valence-corrected chi connectivity index (χ3v) is 6.51. The summed E-state index contributed by atoms with van der Waals surface area (Å²) in [5, 5.41) is 2.44. The Bertz CT molecular complexity index is 740. The maximum atomic E-state index is 12.7. The zero-order chi connectivity index (χ0) is 16.4. The van der Waals surface area contributed by atoms with Gasteiger partial charge in [0.15, 0.2) is 0 Å². The standard InChI is InChI=1S/C16H20N2O3S2/c1-12(2)13-3-5-15(6-4-13)23(19,20)18-9-7-14(11-18)21-16-17-8-10-22-16/h3-6,8,10,12,14H,7,9,11H2,1-2H3. The fourth-order valence-corrected chi connectivity index (χ4v) is 4.64. The lowest BCUT2D eigenvalue weighted by atomic mass is 10.0. The van der Waals surface area contributed by atoms with E-state index < -0.39 is 10.0 Å². The Balaban J connectivity index is 1.70. The molecular formula is C16H20N2O3S2. The van der Waals surface area contributed by atoms with Gasteiger partial charge in [0.05, 0.1) is 11.4 Å². The first-order chi connectivity index (χ1) is 11.0. The first-order valence-corrected chi connectivity index (χ1v) is 9.95. The van der Waals surface area contributed by atoms with Gasteiger partial charge < -0.3 is 4.74 Å². The third kappa shape index (κ3) is 3.57. The summed E-state index contributed by atoms with van der Waals surface area (Å²) in [6, 6.07) is 7.16. The third-order valence-electron chi connectivity index (χ3n) is 3.97. The fraction of sp³-hybridized carbons (Fsp3) is 0.438. The summed E-state index contributed by atoms with van der Waals surface area (Å²) in [6.45, 7) is 5.02. The van der Waals surface area contributed by atoms with Gasteiger partial charge in [0.25, 0.3) is 5.19 Å². The van der Waals surface area contributed by atoms with Crippen LogP contribution >= 0.6 is 11.3 Å². The number of benzene rings is 1. The lowest BCUT2D eigenvalue weighted by Gasteiger charge is -2.17. The van der Waals surface area contributed by atoms with Gasteiger partial charge >= 0.3 is 0 Å². The van der Waals surface area contributed by atoms with Crippen molar-refractivity contribution in [2.75, 3.05) is 13.1 Å². The van der Waals surface area contributed by atoms with Crippen LogP contribution in [0.2, 0.25) is 0 Å². The van der Waals surface area contributed by atoms with Crippen LogP contribution < -0.4 is 4.74 Å². The minimum atomic E-state index is -3.46. The van der Waals surface area contributed by atoms with Crippen LogP contribution in [-0.4, -0.2) is 36.9 Å². The van der Waals surface area contributed by atoms with E-state index in [2.05, 4.69) is 18.8 Å². The van der Waals surface area contributed by atoms with Crippen LogP contribution in [0.5, 0.6) is 5.19 Å². The lowest BCUT2D eigenvalue weighted by Crippen LogP contribution is -2.31. The molecule has 1 atom stereocenters. The monoisotopic (exact) mass is 352 g/mol. The number of thiazole rings is 1. The fourth-order valence-electron chi connectivity index (χ4n) is 2.60. The second-order valence-corrected chi connectivity index (χ2v) is 8.71. The van der Waals surface area contributed by atoms with Crippen molar-refractivity contribution >= 4 is 21.4 Å². The smallest absolute Gasteiger partial charge is 0.273 e. The Morgan fingerprint density at radius 2 is 2.04 bits per heavy atom. The number of aromatic nitrogens is 1. The molecule has 0 saturated carbocycles. The average molecular weight is 352 g/mol. The van der Waals surface area contributed by atoms with Crippen molar-refractivity contribution in [2.24, 2.45) is 0 Å². The SMILES string of the molecule is CC(C)c1ccc(S(=O)(=O)N2CCC(Oc3nccs3)C2)cc1. The Hall–Kier alpha value is -1.44. The van der Waals surface area contributed by atoms with Crippen molar-refractivity contribution in [3.05, 3.63) is 41.4 Å². The van der Waals surface area contributed by atoms with Gasteiger partial charge in [0, 0.05) is 18.1 Å². The maximum Gasteiger partial charge on any atom is 0.273 e. The summed E-state index contributed by atoms with van der Waals surface area (Å²) in [5.41, 5.74) is 1.13. The van der Waals surface area contributed by atoms with Crippen molar-refractivity contribution < 1.29 is 13.2 Å². The molecule has 23 heavy (non-hydrogen) atoms. The molecule has 0 radical (unpaired) electrons. The van der Waals surface area contributed by atoms with Gasteiger partial charge in [-0.2, -0.15) is 4.31 Å². The number of hydrogen-bond acceptors (Lipinski definition) is 5. The van der Waals surface area contributed by atoms with E-state index in [1.807, 2.05) is 17.5 Å². The number of ether oxygens (including phenoxy) is 1. The lowest BCUT2D eigenvalue weighted by molar-refractivity contribution is 0.214. The number of nitrogens with zero attached hydrogens (tertiary/aromatic N) is 2. The molecule has 124 valence electrons. The quantitative estimate of drug-likeness (QED) is 0.830. The molecule has 2 aromatic rings. The van der Waals surface area contributed by atoms with E-state index in [9.17, 15) is 8.42 Å². The molecule has 1 aromatic carbocycles. The summed E-state index contributed by atoms with van der Waals surface area (Å²) in [6.07, 6.45) is 2.23. The van der Waals surface area contributed by atoms with Gasteiger partial charge in [-0.05, 0) is 30.0 Å². The molecule has 1 aliphatic rings. The van der Waals surface area contributed by atoms with E-state index in [-0.39, 0.29) is 6.10 Å². The Morgan fingerprint density at radius 3 is 2.65 bits per heavy atom. The van der Waals surface area contributed by atoms with Gasteiger partial charge in [-0.1, -0.05) is 37.3 Å². The molecule has 1 aliphatic heterocycles. The second-order valence-electron chi connectivity index (χ2n) is 5.91. The van der Waals surface area contributed by atoms with Crippen molar-refractivity contribution in [3.8, 4) is 5.19 Å². The van der Waals surface area contributed by atoms with Gasteiger partial charge in [0.1, 0.15) is 6.10 Å². The normalized spacial score (nSPS) is 19.3.